The van der Waals surface area contributed by atoms with Gasteiger partial charge in [-0.3, -0.25) is 14.9 Å². The fourth-order valence-electron chi connectivity index (χ4n) is 3.29. The minimum absolute atomic E-state index is 0.0961. The van der Waals surface area contributed by atoms with Gasteiger partial charge in [0.1, 0.15) is 0 Å². The fourth-order valence-corrected chi connectivity index (χ4v) is 3.29. The number of aromatic hydroxyl groups is 1. The van der Waals surface area contributed by atoms with E-state index in [-0.39, 0.29) is 5.78 Å². The first-order chi connectivity index (χ1) is 13.1. The molecule has 1 aromatic rings. The zero-order chi connectivity index (χ0) is 19.9. The SMILES string of the molecule is CCCCCCCCCCCCCCCC(=O)c1ccc(O)c([N+](=O)[O-])c1. The number of hydrogen-bond acceptors (Lipinski definition) is 4. The van der Waals surface area contributed by atoms with Gasteiger partial charge in [0.25, 0.3) is 0 Å². The van der Waals surface area contributed by atoms with E-state index in [1.54, 1.807) is 0 Å². The van der Waals surface area contributed by atoms with E-state index in [4.69, 9.17) is 0 Å². The lowest BCUT2D eigenvalue weighted by atomic mass is 10.0. The number of rotatable bonds is 16. The molecule has 27 heavy (non-hydrogen) atoms. The molecule has 0 saturated carbocycles. The van der Waals surface area contributed by atoms with Crippen LogP contribution in [0.4, 0.5) is 5.69 Å². The summed E-state index contributed by atoms with van der Waals surface area (Å²) in [5.41, 5.74) is -0.107. The van der Waals surface area contributed by atoms with Crippen molar-refractivity contribution in [2.24, 2.45) is 0 Å². The van der Waals surface area contributed by atoms with E-state index in [0.29, 0.717) is 12.0 Å². The number of nitrogens with zero attached hydrogens (tertiary/aromatic N) is 1. The summed E-state index contributed by atoms with van der Waals surface area (Å²) < 4.78 is 0. The van der Waals surface area contributed by atoms with Crippen molar-refractivity contribution in [2.45, 2.75) is 96.8 Å². The van der Waals surface area contributed by atoms with Gasteiger partial charge in [0.05, 0.1) is 4.92 Å². The summed E-state index contributed by atoms with van der Waals surface area (Å²) in [7, 11) is 0. The lowest BCUT2D eigenvalue weighted by Gasteiger charge is -2.04. The summed E-state index contributed by atoms with van der Waals surface area (Å²) in [5.74, 6) is -0.501. The van der Waals surface area contributed by atoms with Crippen LogP contribution in [0.3, 0.4) is 0 Å². The van der Waals surface area contributed by atoms with E-state index >= 15 is 0 Å². The standard InChI is InChI=1S/C22H35NO4/c1-2-3-4-5-6-7-8-9-10-11-12-13-14-15-21(24)19-16-17-22(25)20(18-19)23(26)27/h16-18,25H,2-15H2,1H3. The van der Waals surface area contributed by atoms with Gasteiger partial charge in [-0.1, -0.05) is 84.0 Å². The summed E-state index contributed by atoms with van der Waals surface area (Å²) in [6, 6.07) is 3.84. The molecule has 0 unspecified atom stereocenters. The van der Waals surface area contributed by atoms with Crippen molar-refractivity contribution in [3.8, 4) is 5.75 Å². The third-order valence-electron chi connectivity index (χ3n) is 5.00. The molecule has 0 bridgehead atoms. The molecule has 0 radical (unpaired) electrons. The summed E-state index contributed by atoms with van der Waals surface area (Å²) in [6.07, 6.45) is 16.7. The second-order valence-electron chi connectivity index (χ2n) is 7.38. The van der Waals surface area contributed by atoms with E-state index in [9.17, 15) is 20.0 Å². The van der Waals surface area contributed by atoms with Gasteiger partial charge < -0.3 is 5.11 Å². The molecule has 1 N–H and O–H groups in total. The van der Waals surface area contributed by atoms with Crippen LogP contribution >= 0.6 is 0 Å². The van der Waals surface area contributed by atoms with Crippen LogP contribution in [-0.2, 0) is 0 Å². The first kappa shape index (κ1) is 23.1. The van der Waals surface area contributed by atoms with E-state index < -0.39 is 16.4 Å². The topological polar surface area (TPSA) is 80.4 Å². The summed E-state index contributed by atoms with van der Waals surface area (Å²) in [6.45, 7) is 2.25. The van der Waals surface area contributed by atoms with Gasteiger partial charge >= 0.3 is 5.69 Å². The third kappa shape index (κ3) is 10.1. The molecule has 5 heteroatoms. The van der Waals surface area contributed by atoms with Crippen molar-refractivity contribution < 1.29 is 14.8 Å². The molecule has 1 rings (SSSR count). The van der Waals surface area contributed by atoms with Crippen LogP contribution in [0.2, 0.25) is 0 Å². The lowest BCUT2D eigenvalue weighted by Crippen LogP contribution is -2.00. The summed E-state index contributed by atoms with van der Waals surface area (Å²) in [4.78, 5) is 22.3. The molecule has 0 saturated heterocycles. The summed E-state index contributed by atoms with van der Waals surface area (Å²) >= 11 is 0. The summed E-state index contributed by atoms with van der Waals surface area (Å²) in [5, 5.41) is 20.2. The number of phenols is 1. The zero-order valence-corrected chi connectivity index (χ0v) is 16.8. The van der Waals surface area contributed by atoms with Gasteiger partial charge in [-0.2, -0.15) is 0 Å². The number of carbonyl (C=O) groups excluding carboxylic acids is 1. The van der Waals surface area contributed by atoms with Crippen LogP contribution in [0.5, 0.6) is 5.75 Å². The Bertz CT molecular complexity index is 571. The van der Waals surface area contributed by atoms with Gasteiger partial charge in [-0.05, 0) is 18.6 Å². The highest BCUT2D eigenvalue weighted by Crippen LogP contribution is 2.27. The highest BCUT2D eigenvalue weighted by atomic mass is 16.6. The number of hydrogen-bond donors (Lipinski definition) is 1. The normalized spacial score (nSPS) is 10.9. The van der Waals surface area contributed by atoms with Crippen LogP contribution in [0, 0.1) is 10.1 Å². The lowest BCUT2D eigenvalue weighted by molar-refractivity contribution is -0.385. The van der Waals surface area contributed by atoms with Crippen molar-refractivity contribution in [3.05, 3.63) is 33.9 Å². The van der Waals surface area contributed by atoms with E-state index in [0.717, 1.165) is 19.3 Å². The number of phenolic OH excluding ortho intramolecular Hbond substituents is 1. The number of ketones is 1. The van der Waals surface area contributed by atoms with Crippen LogP contribution in [0.15, 0.2) is 18.2 Å². The Kier molecular flexibility index (Phi) is 12.2. The Morgan fingerprint density at radius 3 is 1.85 bits per heavy atom. The molecule has 0 aliphatic heterocycles. The molecule has 0 fully saturated rings. The first-order valence-electron chi connectivity index (χ1n) is 10.6. The molecule has 152 valence electrons. The Balaban J connectivity index is 2.04. The molecule has 0 amide bonds. The third-order valence-corrected chi connectivity index (χ3v) is 5.00. The smallest absolute Gasteiger partial charge is 0.311 e. The number of nitro benzene ring substituents is 1. The molecule has 0 spiro atoms. The maximum atomic E-state index is 12.1. The Morgan fingerprint density at radius 2 is 1.37 bits per heavy atom. The van der Waals surface area contributed by atoms with Crippen molar-refractivity contribution in [2.75, 3.05) is 0 Å². The van der Waals surface area contributed by atoms with Crippen molar-refractivity contribution in [3.63, 3.8) is 0 Å². The van der Waals surface area contributed by atoms with Gasteiger partial charge in [-0.25, -0.2) is 0 Å². The quantitative estimate of drug-likeness (QED) is 0.146. The number of benzene rings is 1. The highest BCUT2D eigenvalue weighted by Gasteiger charge is 2.16. The maximum absolute atomic E-state index is 12.1. The first-order valence-corrected chi connectivity index (χ1v) is 10.6. The molecule has 0 aliphatic carbocycles. The molecular weight excluding hydrogens is 342 g/mol. The Morgan fingerprint density at radius 1 is 0.889 bits per heavy atom. The number of carbonyl (C=O) groups is 1. The average molecular weight is 378 g/mol. The van der Waals surface area contributed by atoms with Crippen molar-refractivity contribution in [1.82, 2.24) is 0 Å². The average Bonchev–Trinajstić information content (AvgIpc) is 2.65. The van der Waals surface area contributed by atoms with Crippen molar-refractivity contribution in [1.29, 1.82) is 0 Å². The van der Waals surface area contributed by atoms with Gasteiger partial charge in [0.2, 0.25) is 0 Å². The van der Waals surface area contributed by atoms with E-state index in [1.165, 1.54) is 82.4 Å². The molecular formula is C22H35NO4. The minimum Gasteiger partial charge on any atom is -0.502 e. The minimum atomic E-state index is -0.669. The maximum Gasteiger partial charge on any atom is 0.311 e. The van der Waals surface area contributed by atoms with E-state index in [1.807, 2.05) is 0 Å². The van der Waals surface area contributed by atoms with Gasteiger partial charge in [0.15, 0.2) is 11.5 Å². The molecule has 5 nitrogen and oxygen atoms in total. The predicted octanol–water partition coefficient (Wildman–Crippen LogP) is 6.96. The monoisotopic (exact) mass is 377 g/mol. The predicted molar refractivity (Wildman–Crippen MR) is 109 cm³/mol. The molecule has 0 aromatic heterocycles. The van der Waals surface area contributed by atoms with Crippen LogP contribution in [0.25, 0.3) is 0 Å². The van der Waals surface area contributed by atoms with E-state index in [2.05, 4.69) is 6.92 Å². The van der Waals surface area contributed by atoms with Gasteiger partial charge in [-0.15, -0.1) is 0 Å². The molecule has 1 aromatic carbocycles. The Hall–Kier alpha value is -1.91. The van der Waals surface area contributed by atoms with Gasteiger partial charge in [0, 0.05) is 18.1 Å². The number of unbranched alkanes of at least 4 members (excludes halogenated alkanes) is 12. The highest BCUT2D eigenvalue weighted by molar-refractivity contribution is 5.96. The number of nitro groups is 1. The second-order valence-corrected chi connectivity index (χ2v) is 7.38. The zero-order valence-electron chi connectivity index (χ0n) is 16.8. The largest absolute Gasteiger partial charge is 0.502 e. The fraction of sp³-hybridized carbons (Fsp3) is 0.682. The van der Waals surface area contributed by atoms with Crippen LogP contribution < -0.4 is 0 Å². The van der Waals surface area contributed by atoms with Crippen LogP contribution in [-0.4, -0.2) is 15.8 Å². The second kappa shape index (κ2) is 14.2. The molecule has 0 heterocycles. The van der Waals surface area contributed by atoms with Crippen LogP contribution in [0.1, 0.15) is 107 Å². The molecule has 0 aliphatic rings. The Labute approximate surface area is 163 Å². The molecule has 0 atom stereocenters. The number of Topliss-reactive ketones (excluding diaryl/α,β-unsaturated/α-hetero) is 1. The van der Waals surface area contributed by atoms with Crippen molar-refractivity contribution >= 4 is 11.5 Å².